The zero-order valence-electron chi connectivity index (χ0n) is 17.7. The summed E-state index contributed by atoms with van der Waals surface area (Å²) in [5, 5.41) is 4.07. The van der Waals surface area contributed by atoms with Crippen molar-refractivity contribution in [2.45, 2.75) is 32.8 Å². The molecule has 0 bridgehead atoms. The summed E-state index contributed by atoms with van der Waals surface area (Å²) >= 11 is 6.96. The fourth-order valence-electron chi connectivity index (χ4n) is 2.81. The van der Waals surface area contributed by atoms with Crippen molar-refractivity contribution in [3.8, 4) is 5.75 Å². The molecule has 0 aliphatic rings. The molecular weight excluding hydrogens is 520 g/mol. The molecule has 3 aromatic carbocycles. The largest absolute Gasteiger partial charge is 0.488 e. The second-order valence-corrected chi connectivity index (χ2v) is 9.90. The van der Waals surface area contributed by atoms with E-state index in [9.17, 15) is 4.79 Å². The third kappa shape index (κ3) is 6.77. The van der Waals surface area contributed by atoms with Crippen LogP contribution in [0.5, 0.6) is 5.75 Å². The van der Waals surface area contributed by atoms with Crippen molar-refractivity contribution in [2.24, 2.45) is 5.10 Å². The average Bonchev–Trinajstić information content (AvgIpc) is 2.74. The number of carbonyl (C=O) groups is 1. The van der Waals surface area contributed by atoms with Crippen LogP contribution in [0.25, 0.3) is 0 Å². The number of amides is 1. The molecule has 4 nitrogen and oxygen atoms in total. The van der Waals surface area contributed by atoms with Gasteiger partial charge in [0.25, 0.3) is 5.91 Å². The molecule has 0 spiro atoms. The lowest BCUT2D eigenvalue weighted by Gasteiger charge is -2.18. The first-order valence-corrected chi connectivity index (χ1v) is 11.4. The number of ether oxygens (including phenoxy) is 1. The second kappa shape index (κ2) is 10.2. The number of rotatable bonds is 6. The van der Waals surface area contributed by atoms with E-state index in [1.54, 1.807) is 6.21 Å². The minimum Gasteiger partial charge on any atom is -0.488 e. The fourth-order valence-corrected chi connectivity index (χ4v) is 3.58. The highest BCUT2D eigenvalue weighted by atomic mass is 79.9. The molecule has 0 atom stereocenters. The van der Waals surface area contributed by atoms with Gasteiger partial charge in [-0.2, -0.15) is 5.10 Å². The minimum atomic E-state index is -0.245. The normalized spacial score (nSPS) is 11.5. The summed E-state index contributed by atoms with van der Waals surface area (Å²) < 4.78 is 7.73. The molecule has 1 N–H and O–H groups in total. The molecule has 1 amide bonds. The summed E-state index contributed by atoms with van der Waals surface area (Å²) in [5.41, 5.74) is 6.30. The van der Waals surface area contributed by atoms with Gasteiger partial charge in [-0.25, -0.2) is 5.43 Å². The highest BCUT2D eigenvalue weighted by Gasteiger charge is 2.14. The molecule has 0 aliphatic heterocycles. The van der Waals surface area contributed by atoms with Crippen molar-refractivity contribution < 1.29 is 9.53 Å². The molecule has 31 heavy (non-hydrogen) atoms. The van der Waals surface area contributed by atoms with Gasteiger partial charge in [0.2, 0.25) is 0 Å². The van der Waals surface area contributed by atoms with E-state index in [1.807, 2.05) is 66.7 Å². The number of benzene rings is 3. The molecule has 3 aromatic rings. The van der Waals surface area contributed by atoms with Gasteiger partial charge in [0.1, 0.15) is 12.4 Å². The number of hydrogen-bond donors (Lipinski definition) is 1. The quantitative estimate of drug-likeness (QED) is 0.273. The maximum absolute atomic E-state index is 12.3. The Morgan fingerprint density at radius 3 is 2.29 bits per heavy atom. The number of hydrogen-bond acceptors (Lipinski definition) is 3. The molecule has 160 valence electrons. The first-order chi connectivity index (χ1) is 14.7. The SMILES string of the molecule is CC(C)(C)c1ccc(C(=O)N/N=C\c2ccc(OCc3ccc(Br)cc3)c(Br)c2)cc1. The number of nitrogens with one attached hydrogen (secondary N) is 1. The Balaban J connectivity index is 1.56. The van der Waals surface area contributed by atoms with E-state index in [2.05, 4.69) is 63.2 Å². The van der Waals surface area contributed by atoms with Crippen molar-refractivity contribution in [2.75, 3.05) is 0 Å². The number of halogens is 2. The van der Waals surface area contributed by atoms with Crippen molar-refractivity contribution in [3.63, 3.8) is 0 Å². The summed E-state index contributed by atoms with van der Waals surface area (Å²) in [7, 11) is 0. The van der Waals surface area contributed by atoms with Crippen LogP contribution < -0.4 is 10.2 Å². The maximum atomic E-state index is 12.3. The maximum Gasteiger partial charge on any atom is 0.271 e. The zero-order chi connectivity index (χ0) is 22.4. The Morgan fingerprint density at radius 1 is 1.00 bits per heavy atom. The Hall–Kier alpha value is -2.44. The van der Waals surface area contributed by atoms with Crippen LogP contribution in [0.2, 0.25) is 0 Å². The van der Waals surface area contributed by atoms with Crippen LogP contribution >= 0.6 is 31.9 Å². The second-order valence-electron chi connectivity index (χ2n) is 8.13. The van der Waals surface area contributed by atoms with Gasteiger partial charge >= 0.3 is 0 Å². The number of nitrogens with zero attached hydrogens (tertiary/aromatic N) is 1. The molecule has 6 heteroatoms. The fraction of sp³-hybridized carbons (Fsp3) is 0.200. The molecule has 3 rings (SSSR count). The predicted molar refractivity (Wildman–Crippen MR) is 133 cm³/mol. The van der Waals surface area contributed by atoms with E-state index >= 15 is 0 Å². The first-order valence-electron chi connectivity index (χ1n) is 9.83. The van der Waals surface area contributed by atoms with Crippen LogP contribution in [0.15, 0.2) is 80.8 Å². The van der Waals surface area contributed by atoms with Crippen LogP contribution in [-0.4, -0.2) is 12.1 Å². The Labute approximate surface area is 200 Å². The van der Waals surface area contributed by atoms with Gasteiger partial charge in [0.05, 0.1) is 10.7 Å². The van der Waals surface area contributed by atoms with Crippen LogP contribution in [0, 0.1) is 0 Å². The van der Waals surface area contributed by atoms with Crippen LogP contribution in [0.1, 0.15) is 47.8 Å². The van der Waals surface area contributed by atoms with E-state index in [0.717, 1.165) is 25.8 Å². The topological polar surface area (TPSA) is 50.7 Å². The van der Waals surface area contributed by atoms with Crippen molar-refractivity contribution in [1.29, 1.82) is 0 Å². The lowest BCUT2D eigenvalue weighted by molar-refractivity contribution is 0.0955. The van der Waals surface area contributed by atoms with E-state index in [1.165, 1.54) is 5.56 Å². The van der Waals surface area contributed by atoms with E-state index in [-0.39, 0.29) is 11.3 Å². The third-order valence-corrected chi connectivity index (χ3v) is 5.80. The molecular formula is C25H24Br2N2O2. The Bertz CT molecular complexity index is 1070. The van der Waals surface area contributed by atoms with Gasteiger partial charge in [-0.1, -0.05) is 61.0 Å². The van der Waals surface area contributed by atoms with Gasteiger partial charge in [-0.15, -0.1) is 0 Å². The molecule has 0 heterocycles. The van der Waals surface area contributed by atoms with Gasteiger partial charge in [0, 0.05) is 10.0 Å². The van der Waals surface area contributed by atoms with Gasteiger partial charge < -0.3 is 4.74 Å². The van der Waals surface area contributed by atoms with E-state index < -0.39 is 0 Å². The first kappa shape index (κ1) is 23.2. The molecule has 0 fully saturated rings. The van der Waals surface area contributed by atoms with Gasteiger partial charge in [-0.05, 0) is 80.5 Å². The zero-order valence-corrected chi connectivity index (χ0v) is 20.8. The van der Waals surface area contributed by atoms with E-state index in [4.69, 9.17) is 4.74 Å². The molecule has 0 aliphatic carbocycles. The molecule has 0 saturated carbocycles. The molecule has 0 radical (unpaired) electrons. The van der Waals surface area contributed by atoms with Gasteiger partial charge in [-0.3, -0.25) is 4.79 Å². The lowest BCUT2D eigenvalue weighted by atomic mass is 9.87. The van der Waals surface area contributed by atoms with Crippen molar-refractivity contribution in [1.82, 2.24) is 5.43 Å². The summed E-state index contributed by atoms with van der Waals surface area (Å²) in [6, 6.07) is 21.2. The highest BCUT2D eigenvalue weighted by Crippen LogP contribution is 2.26. The summed E-state index contributed by atoms with van der Waals surface area (Å²) in [6.45, 7) is 6.90. The average molecular weight is 544 g/mol. The summed E-state index contributed by atoms with van der Waals surface area (Å²) in [6.07, 6.45) is 1.60. The Kier molecular flexibility index (Phi) is 7.68. The highest BCUT2D eigenvalue weighted by molar-refractivity contribution is 9.10. The Morgan fingerprint density at radius 2 is 1.68 bits per heavy atom. The number of hydrazone groups is 1. The van der Waals surface area contributed by atoms with Crippen LogP contribution in [0.3, 0.4) is 0 Å². The molecule has 0 unspecified atom stereocenters. The lowest BCUT2D eigenvalue weighted by Crippen LogP contribution is -2.18. The van der Waals surface area contributed by atoms with Crippen molar-refractivity contribution >= 4 is 44.0 Å². The molecule has 0 aromatic heterocycles. The van der Waals surface area contributed by atoms with Gasteiger partial charge in [0.15, 0.2) is 0 Å². The predicted octanol–water partition coefficient (Wildman–Crippen LogP) is 6.85. The minimum absolute atomic E-state index is 0.0503. The van der Waals surface area contributed by atoms with Crippen LogP contribution in [0.4, 0.5) is 0 Å². The summed E-state index contributed by atoms with van der Waals surface area (Å²) in [5.74, 6) is 0.494. The monoisotopic (exact) mass is 542 g/mol. The standard InChI is InChI=1S/C25H24Br2N2O2/c1-25(2,3)20-9-7-19(8-10-20)24(30)29-28-15-18-6-13-23(22(27)14-18)31-16-17-4-11-21(26)12-5-17/h4-15H,16H2,1-3H3,(H,29,30)/b28-15-. The van der Waals surface area contributed by atoms with Crippen LogP contribution in [-0.2, 0) is 12.0 Å². The van der Waals surface area contributed by atoms with Crippen molar-refractivity contribution in [3.05, 3.63) is 97.9 Å². The smallest absolute Gasteiger partial charge is 0.271 e. The molecule has 0 saturated heterocycles. The number of carbonyl (C=O) groups excluding carboxylic acids is 1. The summed E-state index contributed by atoms with van der Waals surface area (Å²) in [4.78, 5) is 12.3. The third-order valence-electron chi connectivity index (χ3n) is 4.66. The van der Waals surface area contributed by atoms with E-state index in [0.29, 0.717) is 12.2 Å².